The molecule has 1 atom stereocenters. The average molecular weight is 271 g/mol. The number of aromatic nitrogens is 3. The zero-order valence-electron chi connectivity index (χ0n) is 10.2. The summed E-state index contributed by atoms with van der Waals surface area (Å²) < 4.78 is 34.2. The van der Waals surface area contributed by atoms with Crippen molar-refractivity contribution >= 4 is 9.84 Å². The molecule has 0 saturated heterocycles. The minimum Gasteiger partial charge on any atom is -0.424 e. The highest BCUT2D eigenvalue weighted by Crippen LogP contribution is 2.23. The maximum Gasteiger partial charge on any atom is 0.234 e. The Morgan fingerprint density at radius 3 is 2.56 bits per heavy atom. The Morgan fingerprint density at radius 2 is 2.06 bits per heavy atom. The fraction of sp³-hybridized carbons (Fsp3) is 0.500. The van der Waals surface area contributed by atoms with Gasteiger partial charge in [-0.05, 0) is 13.8 Å². The van der Waals surface area contributed by atoms with Gasteiger partial charge in [-0.25, -0.2) is 8.42 Å². The molecule has 2 aromatic rings. The van der Waals surface area contributed by atoms with E-state index in [4.69, 9.17) is 8.94 Å². The molecular formula is C10H13N3O4S. The van der Waals surface area contributed by atoms with Crippen LogP contribution >= 0.6 is 0 Å². The molecule has 0 amide bonds. The number of nitrogens with zero attached hydrogens (tertiary/aromatic N) is 3. The van der Waals surface area contributed by atoms with Crippen molar-refractivity contribution in [1.82, 2.24) is 15.4 Å². The Hall–Kier alpha value is -1.70. The predicted octanol–water partition coefficient (Wildman–Crippen LogP) is 1.35. The molecule has 0 fully saturated rings. The summed E-state index contributed by atoms with van der Waals surface area (Å²) in [5.74, 6) is 0.783. The number of aryl methyl sites for hydroxylation is 2. The summed E-state index contributed by atoms with van der Waals surface area (Å²) in [5.41, 5.74) is 0.371. The number of sulfone groups is 1. The Morgan fingerprint density at radius 1 is 1.33 bits per heavy atom. The molecule has 0 aliphatic carbocycles. The molecular weight excluding hydrogens is 258 g/mol. The van der Waals surface area contributed by atoms with E-state index >= 15 is 0 Å². The van der Waals surface area contributed by atoms with Gasteiger partial charge in [0.2, 0.25) is 11.8 Å². The van der Waals surface area contributed by atoms with Gasteiger partial charge in [0.15, 0.2) is 9.84 Å². The molecule has 0 radical (unpaired) electrons. The molecule has 7 nitrogen and oxygen atoms in total. The Kier molecular flexibility index (Phi) is 3.20. The van der Waals surface area contributed by atoms with Crippen LogP contribution in [0.1, 0.15) is 35.4 Å². The SMILES string of the molecule is Cc1cc(CS(=O)(=O)[C@H](C)c2nnc(C)o2)no1. The van der Waals surface area contributed by atoms with Gasteiger partial charge in [-0.3, -0.25) is 0 Å². The highest BCUT2D eigenvalue weighted by molar-refractivity contribution is 7.90. The maximum atomic E-state index is 12.1. The van der Waals surface area contributed by atoms with Crippen LogP contribution in [0, 0.1) is 13.8 Å². The minimum absolute atomic E-state index is 0.0905. The quantitative estimate of drug-likeness (QED) is 0.827. The molecule has 0 saturated carbocycles. The smallest absolute Gasteiger partial charge is 0.234 e. The fourth-order valence-corrected chi connectivity index (χ4v) is 2.65. The summed E-state index contributed by atoms with van der Waals surface area (Å²) in [7, 11) is -3.46. The van der Waals surface area contributed by atoms with Crippen molar-refractivity contribution in [3.05, 3.63) is 29.3 Å². The van der Waals surface area contributed by atoms with Gasteiger partial charge >= 0.3 is 0 Å². The van der Waals surface area contributed by atoms with Gasteiger partial charge in [-0.15, -0.1) is 10.2 Å². The monoisotopic (exact) mass is 271 g/mol. The van der Waals surface area contributed by atoms with Crippen molar-refractivity contribution in [3.63, 3.8) is 0 Å². The maximum absolute atomic E-state index is 12.1. The fourth-order valence-electron chi connectivity index (χ4n) is 1.45. The second-order valence-electron chi connectivity index (χ2n) is 4.04. The summed E-state index contributed by atoms with van der Waals surface area (Å²) in [4.78, 5) is 0. The normalized spacial score (nSPS) is 13.7. The highest BCUT2D eigenvalue weighted by atomic mass is 32.2. The van der Waals surface area contributed by atoms with E-state index in [1.165, 1.54) is 6.92 Å². The van der Waals surface area contributed by atoms with Crippen LogP contribution in [-0.4, -0.2) is 23.8 Å². The molecule has 18 heavy (non-hydrogen) atoms. The molecule has 2 rings (SSSR count). The average Bonchev–Trinajstić information content (AvgIpc) is 2.86. The van der Waals surface area contributed by atoms with E-state index in [1.54, 1.807) is 19.9 Å². The Balaban J connectivity index is 2.20. The molecule has 0 unspecified atom stereocenters. The molecule has 0 aliphatic rings. The van der Waals surface area contributed by atoms with Crippen molar-refractivity contribution in [3.8, 4) is 0 Å². The first-order chi connectivity index (χ1) is 8.38. The largest absolute Gasteiger partial charge is 0.424 e. The third kappa shape index (κ3) is 2.58. The third-order valence-corrected chi connectivity index (χ3v) is 4.43. The summed E-state index contributed by atoms with van der Waals surface area (Å²) in [6, 6.07) is 1.59. The first-order valence-electron chi connectivity index (χ1n) is 5.32. The summed E-state index contributed by atoms with van der Waals surface area (Å²) in [6.45, 7) is 4.82. The molecule has 0 N–H and O–H groups in total. The second-order valence-corrected chi connectivity index (χ2v) is 6.36. The summed E-state index contributed by atoms with van der Waals surface area (Å²) >= 11 is 0. The van der Waals surface area contributed by atoms with E-state index in [0.29, 0.717) is 17.3 Å². The van der Waals surface area contributed by atoms with Crippen LogP contribution < -0.4 is 0 Å². The van der Waals surface area contributed by atoms with Crippen LogP contribution in [0.25, 0.3) is 0 Å². The van der Waals surface area contributed by atoms with Gasteiger partial charge in [-0.1, -0.05) is 5.16 Å². The summed E-state index contributed by atoms with van der Waals surface area (Å²) in [5, 5.41) is 10.1. The van der Waals surface area contributed by atoms with Crippen LogP contribution in [0.4, 0.5) is 0 Å². The third-order valence-electron chi connectivity index (χ3n) is 2.45. The van der Waals surface area contributed by atoms with E-state index < -0.39 is 15.1 Å². The van der Waals surface area contributed by atoms with Crippen LogP contribution in [0.15, 0.2) is 15.0 Å². The molecule has 8 heteroatoms. The second kappa shape index (κ2) is 4.52. The van der Waals surface area contributed by atoms with E-state index in [0.717, 1.165) is 0 Å². The molecule has 98 valence electrons. The Bertz CT molecular complexity index is 644. The van der Waals surface area contributed by atoms with Crippen molar-refractivity contribution in [2.45, 2.75) is 31.8 Å². The van der Waals surface area contributed by atoms with Gasteiger partial charge in [0.1, 0.15) is 11.0 Å². The predicted molar refractivity (Wildman–Crippen MR) is 61.3 cm³/mol. The van der Waals surface area contributed by atoms with E-state index in [9.17, 15) is 8.42 Å². The van der Waals surface area contributed by atoms with Crippen molar-refractivity contribution in [2.24, 2.45) is 0 Å². The van der Waals surface area contributed by atoms with Gasteiger partial charge in [0, 0.05) is 13.0 Å². The van der Waals surface area contributed by atoms with Crippen LogP contribution in [0.5, 0.6) is 0 Å². The Labute approximate surface area is 104 Å². The zero-order valence-corrected chi connectivity index (χ0v) is 11.1. The van der Waals surface area contributed by atoms with Gasteiger partial charge in [0.25, 0.3) is 0 Å². The topological polar surface area (TPSA) is 99.1 Å². The first-order valence-corrected chi connectivity index (χ1v) is 7.04. The summed E-state index contributed by atoms with van der Waals surface area (Å²) in [6.07, 6.45) is 0. The van der Waals surface area contributed by atoms with Gasteiger partial charge in [-0.2, -0.15) is 0 Å². The molecule has 0 bridgehead atoms. The zero-order chi connectivity index (χ0) is 13.3. The van der Waals surface area contributed by atoms with E-state index in [2.05, 4.69) is 15.4 Å². The number of rotatable bonds is 4. The van der Waals surface area contributed by atoms with Crippen molar-refractivity contribution in [2.75, 3.05) is 0 Å². The van der Waals surface area contributed by atoms with Crippen LogP contribution in [-0.2, 0) is 15.6 Å². The molecule has 0 aromatic carbocycles. The van der Waals surface area contributed by atoms with Crippen molar-refractivity contribution in [1.29, 1.82) is 0 Å². The van der Waals surface area contributed by atoms with E-state index in [-0.39, 0.29) is 11.6 Å². The van der Waals surface area contributed by atoms with Crippen LogP contribution in [0.2, 0.25) is 0 Å². The van der Waals surface area contributed by atoms with Crippen molar-refractivity contribution < 1.29 is 17.4 Å². The van der Waals surface area contributed by atoms with Crippen LogP contribution in [0.3, 0.4) is 0 Å². The highest BCUT2D eigenvalue weighted by Gasteiger charge is 2.28. The number of hydrogen-bond acceptors (Lipinski definition) is 7. The standard InChI is InChI=1S/C10H13N3O4S/c1-6-4-9(13-17-6)5-18(14,15)7(2)10-12-11-8(3)16-10/h4,7H,5H2,1-3H3/t7-/m1/s1. The lowest BCUT2D eigenvalue weighted by molar-refractivity contribution is 0.392. The molecule has 2 aromatic heterocycles. The van der Waals surface area contributed by atoms with Gasteiger partial charge in [0.05, 0.1) is 11.4 Å². The lowest BCUT2D eigenvalue weighted by Gasteiger charge is -2.06. The first kappa shape index (κ1) is 12.7. The molecule has 0 aliphatic heterocycles. The molecule has 0 spiro atoms. The van der Waals surface area contributed by atoms with E-state index in [1.807, 2.05) is 0 Å². The lowest BCUT2D eigenvalue weighted by Crippen LogP contribution is -2.13. The molecule has 2 heterocycles. The minimum atomic E-state index is -3.46. The number of hydrogen-bond donors (Lipinski definition) is 0. The lowest BCUT2D eigenvalue weighted by atomic mass is 10.4. The van der Waals surface area contributed by atoms with Gasteiger partial charge < -0.3 is 8.94 Å².